The molecule has 5 rings (SSSR count). The Morgan fingerprint density at radius 1 is 1.29 bits per heavy atom. The lowest BCUT2D eigenvalue weighted by Gasteiger charge is -2.18. The zero-order chi connectivity index (χ0) is 21.5. The second-order valence-corrected chi connectivity index (χ2v) is 7.80. The smallest absolute Gasteiger partial charge is 0.273 e. The third-order valence-electron chi connectivity index (χ3n) is 5.56. The number of carbonyl (C=O) groups is 1. The molecule has 2 aliphatic rings. The fraction of sp³-hybridized carbons (Fsp3) is 0.333. The van der Waals surface area contributed by atoms with Gasteiger partial charge in [0.25, 0.3) is 5.91 Å². The van der Waals surface area contributed by atoms with Crippen LogP contribution in [-0.2, 0) is 0 Å². The van der Waals surface area contributed by atoms with E-state index in [4.69, 9.17) is 9.73 Å². The summed E-state index contributed by atoms with van der Waals surface area (Å²) >= 11 is 0. The fourth-order valence-electron chi connectivity index (χ4n) is 3.58. The summed E-state index contributed by atoms with van der Waals surface area (Å²) in [5.74, 6) is 0.891. The molecule has 1 atom stereocenters. The third kappa shape index (κ3) is 3.66. The number of nitrogens with one attached hydrogen (secondary N) is 4. The van der Waals surface area contributed by atoms with E-state index in [-0.39, 0.29) is 23.8 Å². The van der Waals surface area contributed by atoms with E-state index in [0.717, 1.165) is 40.6 Å². The number of aliphatic imine (C=N–C) groups is 1. The molecule has 0 radical (unpaired) electrons. The summed E-state index contributed by atoms with van der Waals surface area (Å²) < 4.78 is 5.43. The number of fused-ring (bicyclic) bond motifs is 1. The average molecular weight is 420 g/mol. The molecule has 0 saturated heterocycles. The van der Waals surface area contributed by atoms with Gasteiger partial charge in [-0.1, -0.05) is 0 Å². The van der Waals surface area contributed by atoms with Gasteiger partial charge >= 0.3 is 0 Å². The van der Waals surface area contributed by atoms with Gasteiger partial charge < -0.3 is 15.4 Å². The van der Waals surface area contributed by atoms with E-state index in [0.29, 0.717) is 11.7 Å². The summed E-state index contributed by atoms with van der Waals surface area (Å²) in [7, 11) is 3.42. The summed E-state index contributed by atoms with van der Waals surface area (Å²) in [5.41, 5.74) is 7.39. The van der Waals surface area contributed by atoms with Crippen molar-refractivity contribution in [2.75, 3.05) is 19.5 Å². The van der Waals surface area contributed by atoms with Crippen molar-refractivity contribution >= 4 is 28.5 Å². The van der Waals surface area contributed by atoms with Gasteiger partial charge in [-0.25, -0.2) is 15.4 Å². The number of aromatic nitrogens is 3. The molecule has 160 valence electrons. The summed E-state index contributed by atoms with van der Waals surface area (Å²) in [6.07, 6.45) is 5.15. The van der Waals surface area contributed by atoms with E-state index in [1.807, 2.05) is 37.3 Å². The Hall–Kier alpha value is -3.66. The van der Waals surface area contributed by atoms with Gasteiger partial charge in [-0.2, -0.15) is 5.10 Å². The summed E-state index contributed by atoms with van der Waals surface area (Å²) in [5, 5.41) is 16.3. The van der Waals surface area contributed by atoms with Crippen molar-refractivity contribution in [1.29, 1.82) is 0 Å². The largest absolute Gasteiger partial charge is 0.494 e. The van der Waals surface area contributed by atoms with Crippen LogP contribution in [0, 0.1) is 6.92 Å². The SMILES string of the molecule is COc1cc(C2N=C(Nc3ccc4[nH]ncc4c3C)N(C)N2)cnc1C(=O)NC1CC1. The maximum atomic E-state index is 12.4. The number of hydrogen-bond acceptors (Lipinski definition) is 8. The van der Waals surface area contributed by atoms with Crippen LogP contribution in [-0.4, -0.2) is 52.3 Å². The normalized spacial score (nSPS) is 18.2. The van der Waals surface area contributed by atoms with Crippen LogP contribution in [0.5, 0.6) is 5.75 Å². The van der Waals surface area contributed by atoms with E-state index < -0.39 is 0 Å². The van der Waals surface area contributed by atoms with Crippen LogP contribution in [0.25, 0.3) is 10.9 Å². The van der Waals surface area contributed by atoms with Crippen molar-refractivity contribution in [3.8, 4) is 5.75 Å². The van der Waals surface area contributed by atoms with Crippen LogP contribution in [0.2, 0.25) is 0 Å². The van der Waals surface area contributed by atoms with Crippen LogP contribution in [0.4, 0.5) is 5.69 Å². The van der Waals surface area contributed by atoms with Crippen molar-refractivity contribution in [1.82, 2.24) is 30.9 Å². The first-order chi connectivity index (χ1) is 15.0. The predicted molar refractivity (Wildman–Crippen MR) is 117 cm³/mol. The van der Waals surface area contributed by atoms with Gasteiger partial charge in [0.2, 0.25) is 5.96 Å². The Morgan fingerprint density at radius 3 is 2.90 bits per heavy atom. The van der Waals surface area contributed by atoms with E-state index in [2.05, 4.69) is 31.2 Å². The van der Waals surface area contributed by atoms with Crippen LogP contribution >= 0.6 is 0 Å². The Morgan fingerprint density at radius 2 is 2.13 bits per heavy atom. The molecule has 1 fully saturated rings. The van der Waals surface area contributed by atoms with Gasteiger partial charge in [0.1, 0.15) is 6.17 Å². The molecule has 0 bridgehead atoms. The molecule has 1 unspecified atom stereocenters. The second-order valence-electron chi connectivity index (χ2n) is 7.80. The average Bonchev–Trinajstić information content (AvgIpc) is 3.31. The molecule has 1 aliphatic heterocycles. The van der Waals surface area contributed by atoms with Crippen LogP contribution < -0.4 is 20.8 Å². The molecule has 10 nitrogen and oxygen atoms in total. The molecule has 3 heterocycles. The maximum Gasteiger partial charge on any atom is 0.273 e. The number of ether oxygens (including phenoxy) is 1. The van der Waals surface area contributed by atoms with Gasteiger partial charge in [-0.15, -0.1) is 0 Å². The highest BCUT2D eigenvalue weighted by Gasteiger charge is 2.28. The van der Waals surface area contributed by atoms with Crippen LogP contribution in [0.1, 0.15) is 40.6 Å². The number of nitrogens with zero attached hydrogens (tertiary/aromatic N) is 4. The number of carbonyl (C=O) groups excluding carboxylic acids is 1. The van der Waals surface area contributed by atoms with E-state index >= 15 is 0 Å². The first-order valence-electron chi connectivity index (χ1n) is 10.2. The highest BCUT2D eigenvalue weighted by Crippen LogP contribution is 2.28. The molecular formula is C21H24N8O2. The van der Waals surface area contributed by atoms with Crippen molar-refractivity contribution < 1.29 is 9.53 Å². The Labute approximate surface area is 179 Å². The molecule has 10 heteroatoms. The van der Waals surface area contributed by atoms with E-state index in [1.54, 1.807) is 12.3 Å². The summed E-state index contributed by atoms with van der Waals surface area (Å²) in [6.45, 7) is 2.04. The number of rotatable bonds is 5. The standard InChI is InChI=1S/C21H24N8O2/c1-11-14-10-23-27-16(14)7-6-15(11)25-21-26-19(28-29(21)2)12-8-17(31-3)18(22-9-12)20(30)24-13-4-5-13/h6-10,13,19,28H,4-5H2,1-3H3,(H,23,27)(H,24,30)(H,25,26). The van der Waals surface area contributed by atoms with Gasteiger partial charge in [0.15, 0.2) is 11.4 Å². The Balaban J connectivity index is 1.38. The number of guanidine groups is 1. The minimum atomic E-state index is -0.354. The summed E-state index contributed by atoms with van der Waals surface area (Å²) in [6, 6.07) is 6.04. The topological polar surface area (TPSA) is 120 Å². The van der Waals surface area contributed by atoms with E-state index in [1.165, 1.54) is 7.11 Å². The lowest BCUT2D eigenvalue weighted by atomic mass is 10.1. The molecule has 1 aromatic carbocycles. The highest BCUT2D eigenvalue weighted by molar-refractivity contribution is 5.98. The molecule has 0 spiro atoms. The Bertz CT molecular complexity index is 1180. The van der Waals surface area contributed by atoms with Crippen molar-refractivity contribution in [3.63, 3.8) is 0 Å². The molecule has 3 aromatic rings. The molecule has 1 amide bonds. The van der Waals surface area contributed by atoms with Gasteiger partial charge in [-0.05, 0) is 43.5 Å². The number of pyridine rings is 1. The number of hydrogen-bond donors (Lipinski definition) is 4. The van der Waals surface area contributed by atoms with Crippen LogP contribution in [0.3, 0.4) is 0 Å². The van der Waals surface area contributed by atoms with Gasteiger partial charge in [-0.3, -0.25) is 14.9 Å². The fourth-order valence-corrected chi connectivity index (χ4v) is 3.58. The maximum absolute atomic E-state index is 12.4. The highest BCUT2D eigenvalue weighted by atomic mass is 16.5. The molecule has 31 heavy (non-hydrogen) atoms. The first-order valence-corrected chi connectivity index (χ1v) is 10.2. The van der Waals surface area contributed by atoms with Gasteiger partial charge in [0.05, 0.1) is 18.8 Å². The monoisotopic (exact) mass is 420 g/mol. The molecule has 1 aliphatic carbocycles. The molecule has 4 N–H and O–H groups in total. The molecule has 2 aromatic heterocycles. The number of benzene rings is 1. The number of aromatic amines is 1. The second kappa shape index (κ2) is 7.55. The zero-order valence-corrected chi connectivity index (χ0v) is 17.6. The molecule has 1 saturated carbocycles. The van der Waals surface area contributed by atoms with Gasteiger partial charge in [0, 0.05) is 35.9 Å². The van der Waals surface area contributed by atoms with E-state index in [9.17, 15) is 4.79 Å². The lowest BCUT2D eigenvalue weighted by molar-refractivity contribution is 0.0942. The third-order valence-corrected chi connectivity index (χ3v) is 5.56. The number of H-pyrrole nitrogens is 1. The number of aryl methyl sites for hydroxylation is 1. The molecular weight excluding hydrogens is 396 g/mol. The minimum Gasteiger partial charge on any atom is -0.494 e. The van der Waals surface area contributed by atoms with Crippen molar-refractivity contribution in [2.24, 2.45) is 4.99 Å². The van der Waals surface area contributed by atoms with Crippen LogP contribution in [0.15, 0.2) is 35.6 Å². The predicted octanol–water partition coefficient (Wildman–Crippen LogP) is 2.08. The number of methoxy groups -OCH3 is 1. The zero-order valence-electron chi connectivity index (χ0n) is 17.6. The first kappa shape index (κ1) is 19.3. The van der Waals surface area contributed by atoms with Crippen molar-refractivity contribution in [3.05, 3.63) is 47.4 Å². The Kier molecular flexibility index (Phi) is 4.70. The van der Waals surface area contributed by atoms with Crippen molar-refractivity contribution in [2.45, 2.75) is 32.0 Å². The quantitative estimate of drug-likeness (QED) is 0.499. The minimum absolute atomic E-state index is 0.210. The lowest BCUT2D eigenvalue weighted by Crippen LogP contribution is -2.37. The number of amides is 1. The number of anilines is 1. The summed E-state index contributed by atoms with van der Waals surface area (Å²) in [4.78, 5) is 21.5. The number of hydrazine groups is 1.